The Morgan fingerprint density at radius 1 is 1.12 bits per heavy atom. The van der Waals surface area contributed by atoms with Gasteiger partial charge in [0.25, 0.3) is 5.91 Å². The van der Waals surface area contributed by atoms with Crippen molar-refractivity contribution in [1.82, 2.24) is 14.9 Å². The molecule has 3 rings (SSSR count). The molecule has 26 heavy (non-hydrogen) atoms. The van der Waals surface area contributed by atoms with Crippen molar-refractivity contribution in [1.29, 1.82) is 0 Å². The summed E-state index contributed by atoms with van der Waals surface area (Å²) < 4.78 is 8.59. The molecule has 0 aliphatic rings. The number of halogens is 1. The minimum atomic E-state index is -0.580. The first kappa shape index (κ1) is 18.2. The highest BCUT2D eigenvalue weighted by Gasteiger charge is 2.17. The number of nitrogens with zero attached hydrogens (tertiary/aromatic N) is 2. The third-order valence-electron chi connectivity index (χ3n) is 4.05. The van der Waals surface area contributed by atoms with Crippen molar-refractivity contribution in [2.24, 2.45) is 0 Å². The van der Waals surface area contributed by atoms with E-state index in [1.165, 1.54) is 0 Å². The first-order valence-electron chi connectivity index (χ1n) is 8.34. The molecule has 0 fully saturated rings. The minimum Gasteiger partial charge on any atom is -0.481 e. The van der Waals surface area contributed by atoms with Crippen LogP contribution in [0.2, 0.25) is 0 Å². The van der Waals surface area contributed by atoms with E-state index < -0.39 is 6.10 Å². The van der Waals surface area contributed by atoms with E-state index in [4.69, 9.17) is 4.74 Å². The lowest BCUT2D eigenvalue weighted by atomic mass is 10.1. The molecule has 6 heteroatoms. The summed E-state index contributed by atoms with van der Waals surface area (Å²) in [5.41, 5.74) is 2.05. The van der Waals surface area contributed by atoms with Crippen molar-refractivity contribution >= 4 is 21.8 Å². The van der Waals surface area contributed by atoms with Gasteiger partial charge in [-0.3, -0.25) is 4.79 Å². The molecule has 0 bridgehead atoms. The van der Waals surface area contributed by atoms with Crippen molar-refractivity contribution in [3.05, 3.63) is 77.3 Å². The highest BCUT2D eigenvalue weighted by molar-refractivity contribution is 9.10. The summed E-state index contributed by atoms with van der Waals surface area (Å²) in [6.45, 7) is 3.70. The van der Waals surface area contributed by atoms with Crippen molar-refractivity contribution in [3.63, 3.8) is 0 Å². The van der Waals surface area contributed by atoms with Gasteiger partial charge >= 0.3 is 0 Å². The van der Waals surface area contributed by atoms with Crippen LogP contribution in [0.25, 0.3) is 5.69 Å². The van der Waals surface area contributed by atoms with Crippen LogP contribution in [0, 0.1) is 0 Å². The van der Waals surface area contributed by atoms with Crippen molar-refractivity contribution < 1.29 is 9.53 Å². The van der Waals surface area contributed by atoms with E-state index in [-0.39, 0.29) is 11.9 Å². The number of benzene rings is 2. The summed E-state index contributed by atoms with van der Waals surface area (Å²) in [5.74, 6) is 0.507. The van der Waals surface area contributed by atoms with E-state index in [2.05, 4.69) is 26.2 Å². The molecule has 2 aromatic carbocycles. The topological polar surface area (TPSA) is 56.1 Å². The minimum absolute atomic E-state index is 0.115. The summed E-state index contributed by atoms with van der Waals surface area (Å²) in [6, 6.07) is 15.3. The zero-order valence-corrected chi connectivity index (χ0v) is 16.2. The Labute approximate surface area is 161 Å². The third-order valence-corrected chi connectivity index (χ3v) is 4.58. The second-order valence-corrected chi connectivity index (χ2v) is 6.92. The summed E-state index contributed by atoms with van der Waals surface area (Å²) in [4.78, 5) is 16.4. The van der Waals surface area contributed by atoms with Gasteiger partial charge in [-0.1, -0.05) is 28.1 Å². The highest BCUT2D eigenvalue weighted by Crippen LogP contribution is 2.19. The summed E-state index contributed by atoms with van der Waals surface area (Å²) in [5, 5.41) is 2.99. The SMILES string of the molecule is C[C@H](Oc1ccc(Br)cc1)C(=O)N[C@H](C)c1ccc(-n2ccnc2)cc1. The molecule has 0 spiro atoms. The van der Waals surface area contributed by atoms with Gasteiger partial charge in [0.2, 0.25) is 0 Å². The van der Waals surface area contributed by atoms with Gasteiger partial charge in [-0.2, -0.15) is 0 Å². The van der Waals surface area contributed by atoms with Crippen LogP contribution in [-0.4, -0.2) is 21.6 Å². The number of rotatable bonds is 6. The van der Waals surface area contributed by atoms with Gasteiger partial charge in [-0.15, -0.1) is 0 Å². The molecule has 1 amide bonds. The lowest BCUT2D eigenvalue weighted by Gasteiger charge is -2.19. The second-order valence-electron chi connectivity index (χ2n) is 6.01. The Bertz CT molecular complexity index is 846. The highest BCUT2D eigenvalue weighted by atomic mass is 79.9. The summed E-state index contributed by atoms with van der Waals surface area (Å²) >= 11 is 3.38. The zero-order chi connectivity index (χ0) is 18.5. The maximum atomic E-state index is 12.4. The number of aromatic nitrogens is 2. The number of hydrogen-bond acceptors (Lipinski definition) is 3. The standard InChI is InChI=1S/C20H20BrN3O2/c1-14(16-3-7-18(8-4-16)24-12-11-22-13-24)23-20(25)15(2)26-19-9-5-17(21)6-10-19/h3-15H,1-2H3,(H,23,25)/t14-,15+/m1/s1. The third kappa shape index (κ3) is 4.52. The van der Waals surface area contributed by atoms with Crippen LogP contribution in [0.3, 0.4) is 0 Å². The molecule has 1 aromatic heterocycles. The first-order valence-corrected chi connectivity index (χ1v) is 9.13. The van der Waals surface area contributed by atoms with Gasteiger partial charge in [0.1, 0.15) is 5.75 Å². The number of amides is 1. The lowest BCUT2D eigenvalue weighted by Crippen LogP contribution is -2.37. The van der Waals surface area contributed by atoms with E-state index in [9.17, 15) is 4.79 Å². The van der Waals surface area contributed by atoms with Crippen LogP contribution in [0.4, 0.5) is 0 Å². The smallest absolute Gasteiger partial charge is 0.261 e. The molecule has 134 valence electrons. The average molecular weight is 414 g/mol. The maximum Gasteiger partial charge on any atom is 0.261 e. The average Bonchev–Trinajstić information content (AvgIpc) is 3.18. The molecule has 0 aliphatic heterocycles. The quantitative estimate of drug-likeness (QED) is 0.655. The number of hydrogen-bond donors (Lipinski definition) is 1. The number of ether oxygens (including phenoxy) is 1. The van der Waals surface area contributed by atoms with Crippen LogP contribution in [0.15, 0.2) is 71.7 Å². The van der Waals surface area contributed by atoms with Crippen LogP contribution in [0.5, 0.6) is 5.75 Å². The van der Waals surface area contributed by atoms with Crippen LogP contribution in [0.1, 0.15) is 25.5 Å². The normalized spacial score (nSPS) is 13.0. The Kier molecular flexibility index (Phi) is 5.73. The Morgan fingerprint density at radius 3 is 2.42 bits per heavy atom. The van der Waals surface area contributed by atoms with Gasteiger partial charge in [0.15, 0.2) is 6.10 Å². The fraction of sp³-hybridized carbons (Fsp3) is 0.200. The van der Waals surface area contributed by atoms with Crippen molar-refractivity contribution in [3.8, 4) is 11.4 Å². The monoisotopic (exact) mass is 413 g/mol. The predicted molar refractivity (Wildman–Crippen MR) is 104 cm³/mol. The van der Waals surface area contributed by atoms with Crippen LogP contribution >= 0.6 is 15.9 Å². The van der Waals surface area contributed by atoms with Gasteiger partial charge in [-0.25, -0.2) is 4.98 Å². The molecule has 1 N–H and O–H groups in total. The molecule has 5 nitrogen and oxygen atoms in total. The first-order chi connectivity index (χ1) is 12.5. The number of imidazole rings is 1. The van der Waals surface area contributed by atoms with E-state index in [1.807, 2.05) is 66.2 Å². The molecule has 0 radical (unpaired) electrons. The molecular formula is C20H20BrN3O2. The molecule has 0 saturated carbocycles. The predicted octanol–water partition coefficient (Wildman–Crippen LogP) is 4.28. The van der Waals surface area contributed by atoms with Gasteiger partial charge < -0.3 is 14.6 Å². The van der Waals surface area contributed by atoms with Crippen LogP contribution in [-0.2, 0) is 4.79 Å². The molecule has 3 aromatic rings. The summed E-state index contributed by atoms with van der Waals surface area (Å²) in [6.07, 6.45) is 4.80. The van der Waals surface area contributed by atoms with Crippen molar-refractivity contribution in [2.75, 3.05) is 0 Å². The Morgan fingerprint density at radius 2 is 1.81 bits per heavy atom. The zero-order valence-electron chi connectivity index (χ0n) is 14.6. The number of carbonyl (C=O) groups is 1. The summed E-state index contributed by atoms with van der Waals surface area (Å²) in [7, 11) is 0. The molecule has 0 saturated heterocycles. The largest absolute Gasteiger partial charge is 0.481 e. The van der Waals surface area contributed by atoms with Gasteiger partial charge in [0, 0.05) is 22.6 Å². The molecule has 0 aliphatic carbocycles. The molecule has 2 atom stereocenters. The Balaban J connectivity index is 1.58. The van der Waals surface area contributed by atoms with E-state index in [0.29, 0.717) is 5.75 Å². The fourth-order valence-electron chi connectivity index (χ4n) is 2.53. The van der Waals surface area contributed by atoms with Gasteiger partial charge in [0.05, 0.1) is 12.4 Å². The second kappa shape index (κ2) is 8.19. The number of nitrogens with one attached hydrogen (secondary N) is 1. The molecule has 0 unspecified atom stereocenters. The van der Waals surface area contributed by atoms with E-state index >= 15 is 0 Å². The van der Waals surface area contributed by atoms with Crippen LogP contribution < -0.4 is 10.1 Å². The molecular weight excluding hydrogens is 394 g/mol. The maximum absolute atomic E-state index is 12.4. The van der Waals surface area contributed by atoms with E-state index in [1.54, 1.807) is 19.4 Å². The Hall–Kier alpha value is -2.60. The van der Waals surface area contributed by atoms with Gasteiger partial charge in [-0.05, 0) is 55.8 Å². The van der Waals surface area contributed by atoms with Crippen molar-refractivity contribution in [2.45, 2.75) is 26.0 Å². The molecule has 1 heterocycles. The fourth-order valence-corrected chi connectivity index (χ4v) is 2.80. The van der Waals surface area contributed by atoms with E-state index in [0.717, 1.165) is 15.7 Å². The lowest BCUT2D eigenvalue weighted by molar-refractivity contribution is -0.127. The number of carbonyl (C=O) groups excluding carboxylic acids is 1.